The molecule has 2 heterocycles. The minimum atomic E-state index is -1.17. The molecule has 1 N–H and O–H groups in total. The SMILES string of the molecule is C[C@@H](OC(=O)c1cc(=O)c2cc(Cl)ccc2o1)C(=O)Nc1sccc1C#N. The molecule has 2 aromatic heterocycles. The Balaban J connectivity index is 1.75. The molecule has 3 aromatic rings. The van der Waals surface area contributed by atoms with Crippen LogP contribution < -0.4 is 10.7 Å². The maximum atomic E-state index is 12.2. The number of amides is 1. The monoisotopic (exact) mass is 402 g/mol. The summed E-state index contributed by atoms with van der Waals surface area (Å²) in [5, 5.41) is 14.1. The smallest absolute Gasteiger partial charge is 0.375 e. The number of fused-ring (bicyclic) bond motifs is 1. The van der Waals surface area contributed by atoms with Crippen molar-refractivity contribution >= 4 is 50.8 Å². The summed E-state index contributed by atoms with van der Waals surface area (Å²) in [6.45, 7) is 1.37. The summed E-state index contributed by atoms with van der Waals surface area (Å²) in [5.41, 5.74) is 0.0271. The Morgan fingerprint density at radius 2 is 2.11 bits per heavy atom. The van der Waals surface area contributed by atoms with E-state index in [0.29, 0.717) is 15.6 Å². The average Bonchev–Trinajstić information content (AvgIpc) is 3.09. The van der Waals surface area contributed by atoms with Crippen LogP contribution in [0.4, 0.5) is 5.00 Å². The topological polar surface area (TPSA) is 109 Å². The van der Waals surface area contributed by atoms with Gasteiger partial charge in [0, 0.05) is 11.1 Å². The Bertz CT molecular complexity index is 1140. The molecule has 0 aliphatic heterocycles. The Hall–Kier alpha value is -3.15. The molecule has 0 saturated carbocycles. The second kappa shape index (κ2) is 7.61. The Labute approximate surface area is 161 Å². The van der Waals surface area contributed by atoms with Gasteiger partial charge in [-0.3, -0.25) is 9.59 Å². The van der Waals surface area contributed by atoms with Crippen molar-refractivity contribution in [3.8, 4) is 6.07 Å². The number of rotatable bonds is 4. The number of benzene rings is 1. The highest BCUT2D eigenvalue weighted by molar-refractivity contribution is 7.14. The standard InChI is InChI=1S/C18H11ClN2O5S/c1-9(16(23)21-17-10(8-20)4-5-27-17)25-18(24)15-7-13(22)12-6-11(19)2-3-14(12)26-15/h2-7,9H,1H3,(H,21,23)/t9-/m1/s1. The van der Waals surface area contributed by atoms with Gasteiger partial charge in [0.25, 0.3) is 5.91 Å². The summed E-state index contributed by atoms with van der Waals surface area (Å²) in [6.07, 6.45) is -1.17. The molecular weight excluding hydrogens is 392 g/mol. The first-order chi connectivity index (χ1) is 12.9. The van der Waals surface area contributed by atoms with Gasteiger partial charge in [-0.15, -0.1) is 11.3 Å². The van der Waals surface area contributed by atoms with Crippen LogP contribution >= 0.6 is 22.9 Å². The van der Waals surface area contributed by atoms with Crippen molar-refractivity contribution in [3.63, 3.8) is 0 Å². The molecule has 0 aliphatic rings. The molecule has 0 bridgehead atoms. The predicted molar refractivity (Wildman–Crippen MR) is 100 cm³/mol. The zero-order chi connectivity index (χ0) is 19.6. The lowest BCUT2D eigenvalue weighted by Crippen LogP contribution is -2.30. The molecule has 0 fully saturated rings. The zero-order valence-corrected chi connectivity index (χ0v) is 15.4. The van der Waals surface area contributed by atoms with Crippen LogP contribution in [0.25, 0.3) is 11.0 Å². The summed E-state index contributed by atoms with van der Waals surface area (Å²) in [7, 11) is 0. The normalized spacial score (nSPS) is 11.6. The van der Waals surface area contributed by atoms with Crippen molar-refractivity contribution in [2.24, 2.45) is 0 Å². The maximum absolute atomic E-state index is 12.2. The fraction of sp³-hybridized carbons (Fsp3) is 0.111. The van der Waals surface area contributed by atoms with E-state index >= 15 is 0 Å². The van der Waals surface area contributed by atoms with E-state index in [-0.39, 0.29) is 16.7 Å². The molecule has 1 atom stereocenters. The van der Waals surface area contributed by atoms with E-state index in [1.807, 2.05) is 6.07 Å². The molecule has 0 radical (unpaired) electrons. The van der Waals surface area contributed by atoms with Gasteiger partial charge >= 0.3 is 5.97 Å². The first kappa shape index (κ1) is 18.6. The Kier molecular flexibility index (Phi) is 5.26. The number of anilines is 1. The largest absolute Gasteiger partial charge is 0.449 e. The van der Waals surface area contributed by atoms with E-state index < -0.39 is 23.4 Å². The number of hydrogen-bond donors (Lipinski definition) is 1. The van der Waals surface area contributed by atoms with Crippen LogP contribution in [0.3, 0.4) is 0 Å². The fourth-order valence-corrected chi connectivity index (χ4v) is 3.12. The molecule has 3 rings (SSSR count). The van der Waals surface area contributed by atoms with Crippen LogP contribution in [0, 0.1) is 11.3 Å². The minimum Gasteiger partial charge on any atom is -0.449 e. The molecule has 136 valence electrons. The number of esters is 1. The van der Waals surface area contributed by atoms with Gasteiger partial charge in [0.05, 0.1) is 10.9 Å². The molecule has 27 heavy (non-hydrogen) atoms. The molecule has 7 nitrogen and oxygen atoms in total. The van der Waals surface area contributed by atoms with Crippen LogP contribution in [-0.4, -0.2) is 18.0 Å². The Morgan fingerprint density at radius 1 is 1.33 bits per heavy atom. The van der Waals surface area contributed by atoms with E-state index in [2.05, 4.69) is 5.32 Å². The van der Waals surface area contributed by atoms with E-state index in [9.17, 15) is 14.4 Å². The van der Waals surface area contributed by atoms with E-state index in [1.165, 1.54) is 36.5 Å². The molecule has 0 saturated heterocycles. The van der Waals surface area contributed by atoms with Gasteiger partial charge in [-0.25, -0.2) is 4.79 Å². The van der Waals surface area contributed by atoms with Crippen molar-refractivity contribution < 1.29 is 18.7 Å². The zero-order valence-electron chi connectivity index (χ0n) is 13.8. The number of carbonyl (C=O) groups excluding carboxylic acids is 2. The van der Waals surface area contributed by atoms with Gasteiger partial charge in [0.2, 0.25) is 5.76 Å². The molecule has 0 aliphatic carbocycles. The molecule has 0 unspecified atom stereocenters. The summed E-state index contributed by atoms with van der Waals surface area (Å²) < 4.78 is 10.4. The van der Waals surface area contributed by atoms with Crippen molar-refractivity contribution in [1.29, 1.82) is 5.26 Å². The third-order valence-electron chi connectivity index (χ3n) is 3.57. The highest BCUT2D eigenvalue weighted by atomic mass is 35.5. The molecule has 0 spiro atoms. The number of nitriles is 1. The lowest BCUT2D eigenvalue weighted by molar-refractivity contribution is -0.123. The summed E-state index contributed by atoms with van der Waals surface area (Å²) in [4.78, 5) is 36.5. The first-order valence-corrected chi connectivity index (χ1v) is 8.87. The highest BCUT2D eigenvalue weighted by Crippen LogP contribution is 2.23. The summed E-state index contributed by atoms with van der Waals surface area (Å²) in [6, 6.07) is 8.91. The van der Waals surface area contributed by atoms with Crippen LogP contribution in [0.2, 0.25) is 5.02 Å². The van der Waals surface area contributed by atoms with Gasteiger partial charge in [0.15, 0.2) is 11.5 Å². The van der Waals surface area contributed by atoms with Gasteiger partial charge in [0.1, 0.15) is 16.7 Å². The average molecular weight is 403 g/mol. The highest BCUT2D eigenvalue weighted by Gasteiger charge is 2.22. The van der Waals surface area contributed by atoms with Gasteiger partial charge in [-0.1, -0.05) is 11.6 Å². The number of thiophene rings is 1. The third kappa shape index (κ3) is 4.00. The summed E-state index contributed by atoms with van der Waals surface area (Å²) in [5.74, 6) is -1.90. The van der Waals surface area contributed by atoms with E-state index in [0.717, 1.165) is 6.07 Å². The lowest BCUT2D eigenvalue weighted by Gasteiger charge is -2.12. The first-order valence-electron chi connectivity index (χ1n) is 7.62. The Morgan fingerprint density at radius 3 is 2.85 bits per heavy atom. The van der Waals surface area contributed by atoms with Crippen molar-refractivity contribution in [1.82, 2.24) is 0 Å². The number of carbonyl (C=O) groups is 2. The van der Waals surface area contributed by atoms with Crippen molar-refractivity contribution in [3.05, 3.63) is 62.3 Å². The van der Waals surface area contributed by atoms with Crippen LogP contribution in [0.5, 0.6) is 0 Å². The molecule has 9 heteroatoms. The van der Waals surface area contributed by atoms with Crippen LogP contribution in [0.15, 0.2) is 44.9 Å². The second-order valence-electron chi connectivity index (χ2n) is 5.43. The quantitative estimate of drug-likeness (QED) is 0.668. The predicted octanol–water partition coefficient (Wildman–Crippen LogP) is 3.56. The number of ether oxygens (including phenoxy) is 1. The molecular formula is C18H11ClN2O5S. The number of nitrogens with zero attached hydrogens (tertiary/aromatic N) is 1. The number of nitrogens with one attached hydrogen (secondary N) is 1. The van der Waals surface area contributed by atoms with Gasteiger partial charge in [-0.05, 0) is 36.6 Å². The summed E-state index contributed by atoms with van der Waals surface area (Å²) >= 11 is 7.01. The van der Waals surface area contributed by atoms with Crippen LogP contribution in [-0.2, 0) is 9.53 Å². The van der Waals surface area contributed by atoms with E-state index in [1.54, 1.807) is 11.4 Å². The molecule has 1 aromatic carbocycles. The number of hydrogen-bond acceptors (Lipinski definition) is 7. The fourth-order valence-electron chi connectivity index (χ4n) is 2.21. The maximum Gasteiger partial charge on any atom is 0.375 e. The number of halogens is 1. The second-order valence-corrected chi connectivity index (χ2v) is 6.78. The molecule has 1 amide bonds. The van der Waals surface area contributed by atoms with Crippen LogP contribution in [0.1, 0.15) is 23.0 Å². The third-order valence-corrected chi connectivity index (χ3v) is 4.63. The van der Waals surface area contributed by atoms with Crippen molar-refractivity contribution in [2.45, 2.75) is 13.0 Å². The van der Waals surface area contributed by atoms with Gasteiger partial charge in [-0.2, -0.15) is 5.26 Å². The lowest BCUT2D eigenvalue weighted by atomic mass is 10.2. The minimum absolute atomic E-state index is 0.174. The van der Waals surface area contributed by atoms with Gasteiger partial charge < -0.3 is 14.5 Å². The van der Waals surface area contributed by atoms with E-state index in [4.69, 9.17) is 26.0 Å². The van der Waals surface area contributed by atoms with Crippen molar-refractivity contribution in [2.75, 3.05) is 5.32 Å².